The highest BCUT2D eigenvalue weighted by molar-refractivity contribution is 5.76. The van der Waals surface area contributed by atoms with Crippen LogP contribution in [0.5, 0.6) is 0 Å². The second-order valence-electron chi connectivity index (χ2n) is 3.89. The number of aromatic nitrogens is 2. The van der Waals surface area contributed by atoms with Crippen molar-refractivity contribution in [3.63, 3.8) is 0 Å². The van der Waals surface area contributed by atoms with Gasteiger partial charge in [-0.1, -0.05) is 0 Å². The normalized spacial score (nSPS) is 14.0. The first-order chi connectivity index (χ1) is 8.93. The van der Waals surface area contributed by atoms with Crippen LogP contribution in [-0.4, -0.2) is 16.1 Å². The van der Waals surface area contributed by atoms with E-state index < -0.39 is 40.7 Å². The minimum Gasteiger partial charge on any atom is -0.337 e. The Morgan fingerprint density at radius 1 is 0.900 bits per heavy atom. The molecule has 0 aliphatic heterocycles. The number of fused-ring (bicyclic) bond motifs is 1. The maximum atomic E-state index is 13.0. The summed E-state index contributed by atoms with van der Waals surface area (Å²) in [6.45, 7) is 0. The van der Waals surface area contributed by atoms with Crippen LogP contribution in [0.25, 0.3) is 11.0 Å². The van der Waals surface area contributed by atoms with E-state index in [1.54, 1.807) is 4.98 Å². The highest BCUT2D eigenvalue weighted by Crippen LogP contribution is 2.43. The van der Waals surface area contributed by atoms with E-state index in [0.717, 1.165) is 0 Å². The summed E-state index contributed by atoms with van der Waals surface area (Å²) in [5.74, 6) is -7.02. The average Bonchev–Trinajstić information content (AvgIpc) is 2.68. The lowest BCUT2D eigenvalue weighted by Gasteiger charge is -2.16. The van der Waals surface area contributed by atoms with Gasteiger partial charge in [0.1, 0.15) is 0 Å². The maximum Gasteiger partial charge on any atom is 0.461 e. The molecule has 0 amide bonds. The van der Waals surface area contributed by atoms with Crippen LogP contribution in [0.2, 0.25) is 0 Å². The van der Waals surface area contributed by atoms with Crippen molar-refractivity contribution in [3.05, 3.63) is 29.6 Å². The third-order valence-electron chi connectivity index (χ3n) is 2.46. The van der Waals surface area contributed by atoms with Crippen molar-refractivity contribution in [1.29, 1.82) is 0 Å². The SMILES string of the molecule is FC(F)(F)c1ccc2nc(C(F)(F)C(F)(F)F)[nH]c2c1. The zero-order valence-corrected chi connectivity index (χ0v) is 9.20. The van der Waals surface area contributed by atoms with Gasteiger partial charge in [-0.3, -0.25) is 0 Å². The lowest BCUT2D eigenvalue weighted by Crippen LogP contribution is -2.34. The van der Waals surface area contributed by atoms with Gasteiger partial charge in [-0.15, -0.1) is 0 Å². The highest BCUT2D eigenvalue weighted by atomic mass is 19.4. The van der Waals surface area contributed by atoms with E-state index in [1.807, 2.05) is 0 Å². The van der Waals surface area contributed by atoms with Crippen molar-refractivity contribution in [3.8, 4) is 0 Å². The predicted octanol–water partition coefficient (Wildman–Crippen LogP) is 4.24. The van der Waals surface area contributed by atoms with Crippen LogP contribution < -0.4 is 0 Å². The number of rotatable bonds is 1. The van der Waals surface area contributed by atoms with E-state index in [9.17, 15) is 35.1 Å². The molecule has 0 spiro atoms. The summed E-state index contributed by atoms with van der Waals surface area (Å²) in [6.07, 6.45) is -10.6. The van der Waals surface area contributed by atoms with Gasteiger partial charge in [0.2, 0.25) is 0 Å². The number of hydrogen-bond acceptors (Lipinski definition) is 1. The van der Waals surface area contributed by atoms with Crippen molar-refractivity contribution in [1.82, 2.24) is 9.97 Å². The fourth-order valence-corrected chi connectivity index (χ4v) is 1.47. The Labute approximate surface area is 105 Å². The number of halogens is 8. The zero-order chi connectivity index (χ0) is 15.3. The highest BCUT2D eigenvalue weighted by Gasteiger charge is 2.61. The summed E-state index contributed by atoms with van der Waals surface area (Å²) in [6, 6.07) is 1.67. The van der Waals surface area contributed by atoms with Crippen molar-refractivity contribution in [2.24, 2.45) is 0 Å². The largest absolute Gasteiger partial charge is 0.461 e. The third kappa shape index (κ3) is 2.29. The Morgan fingerprint density at radius 3 is 2.00 bits per heavy atom. The molecule has 1 N–H and O–H groups in total. The van der Waals surface area contributed by atoms with Crippen LogP contribution in [0.1, 0.15) is 11.4 Å². The molecule has 0 aliphatic rings. The first kappa shape index (κ1) is 14.5. The molecule has 1 heterocycles. The molecule has 0 radical (unpaired) electrons. The summed E-state index contributed by atoms with van der Waals surface area (Å²) in [5.41, 5.74) is -2.16. The summed E-state index contributed by atoms with van der Waals surface area (Å²) >= 11 is 0. The molecule has 1 aromatic carbocycles. The molecule has 2 rings (SSSR count). The van der Waals surface area contributed by atoms with Crippen LogP contribution in [0.3, 0.4) is 0 Å². The molecule has 110 valence electrons. The number of H-pyrrole nitrogens is 1. The maximum absolute atomic E-state index is 13.0. The Hall–Kier alpha value is -1.87. The van der Waals surface area contributed by atoms with Crippen molar-refractivity contribution in [2.45, 2.75) is 18.3 Å². The van der Waals surface area contributed by atoms with Gasteiger partial charge >= 0.3 is 18.3 Å². The van der Waals surface area contributed by atoms with Crippen molar-refractivity contribution in [2.75, 3.05) is 0 Å². The number of hydrogen-bond donors (Lipinski definition) is 1. The molecule has 20 heavy (non-hydrogen) atoms. The molecular weight excluding hydrogens is 300 g/mol. The molecule has 0 fully saturated rings. The van der Waals surface area contributed by atoms with Gasteiger partial charge in [-0.25, -0.2) is 4.98 Å². The standard InChI is InChI=1S/C10H4F8N2/c11-8(12,10(16,17)18)7-19-5-2-1-4(9(13,14)15)3-6(5)20-7/h1-3H,(H,19,20). The summed E-state index contributed by atoms with van der Waals surface area (Å²) in [5, 5.41) is 0. The van der Waals surface area contributed by atoms with E-state index in [1.165, 1.54) is 0 Å². The number of nitrogens with zero attached hydrogens (tertiary/aromatic N) is 1. The third-order valence-corrected chi connectivity index (χ3v) is 2.46. The van der Waals surface area contributed by atoms with E-state index in [2.05, 4.69) is 4.98 Å². The fourth-order valence-electron chi connectivity index (χ4n) is 1.47. The van der Waals surface area contributed by atoms with Crippen molar-refractivity contribution >= 4 is 11.0 Å². The average molecular weight is 304 g/mol. The van der Waals surface area contributed by atoms with Crippen LogP contribution >= 0.6 is 0 Å². The molecule has 0 saturated carbocycles. The van der Waals surface area contributed by atoms with Crippen molar-refractivity contribution < 1.29 is 35.1 Å². The molecule has 10 heteroatoms. The lowest BCUT2D eigenvalue weighted by atomic mass is 10.2. The molecule has 2 aromatic rings. The van der Waals surface area contributed by atoms with Gasteiger partial charge in [0.15, 0.2) is 5.82 Å². The van der Waals surface area contributed by atoms with E-state index in [0.29, 0.717) is 18.2 Å². The topological polar surface area (TPSA) is 28.7 Å². The lowest BCUT2D eigenvalue weighted by molar-refractivity contribution is -0.292. The monoisotopic (exact) mass is 304 g/mol. The summed E-state index contributed by atoms with van der Waals surface area (Å²) < 4.78 is 99.5. The second-order valence-corrected chi connectivity index (χ2v) is 3.89. The molecule has 0 bridgehead atoms. The number of benzene rings is 1. The zero-order valence-electron chi connectivity index (χ0n) is 9.20. The Morgan fingerprint density at radius 2 is 1.50 bits per heavy atom. The molecular formula is C10H4F8N2. The van der Waals surface area contributed by atoms with Crippen LogP contribution in [0, 0.1) is 0 Å². The van der Waals surface area contributed by atoms with E-state index in [4.69, 9.17) is 0 Å². The molecule has 0 unspecified atom stereocenters. The van der Waals surface area contributed by atoms with Gasteiger partial charge in [0.05, 0.1) is 16.6 Å². The first-order valence-electron chi connectivity index (χ1n) is 4.95. The second kappa shape index (κ2) is 4.06. The quantitative estimate of drug-likeness (QED) is 0.785. The molecule has 2 nitrogen and oxygen atoms in total. The molecule has 1 aromatic heterocycles. The number of aromatic amines is 1. The van der Waals surface area contributed by atoms with Gasteiger partial charge in [-0.05, 0) is 18.2 Å². The van der Waals surface area contributed by atoms with Crippen LogP contribution in [0.4, 0.5) is 35.1 Å². The minimum atomic E-state index is -5.90. The molecule has 0 saturated heterocycles. The Balaban J connectivity index is 2.55. The van der Waals surface area contributed by atoms with Crippen LogP contribution in [-0.2, 0) is 12.1 Å². The van der Waals surface area contributed by atoms with E-state index >= 15 is 0 Å². The Kier molecular flexibility index (Phi) is 2.95. The number of nitrogens with one attached hydrogen (secondary N) is 1. The van der Waals surface area contributed by atoms with E-state index in [-0.39, 0.29) is 0 Å². The Bertz CT molecular complexity index is 637. The predicted molar refractivity (Wildman–Crippen MR) is 51.0 cm³/mol. The van der Waals surface area contributed by atoms with Gasteiger partial charge in [0.25, 0.3) is 0 Å². The molecule has 0 aliphatic carbocycles. The molecule has 0 atom stereocenters. The van der Waals surface area contributed by atoms with Crippen LogP contribution in [0.15, 0.2) is 18.2 Å². The van der Waals surface area contributed by atoms with Gasteiger partial charge in [-0.2, -0.15) is 35.1 Å². The fraction of sp³-hybridized carbons (Fsp3) is 0.300. The van der Waals surface area contributed by atoms with Gasteiger partial charge < -0.3 is 4.98 Å². The first-order valence-corrected chi connectivity index (χ1v) is 4.95. The van der Waals surface area contributed by atoms with Gasteiger partial charge in [0, 0.05) is 0 Å². The number of alkyl halides is 8. The smallest absolute Gasteiger partial charge is 0.337 e. The summed E-state index contributed by atoms with van der Waals surface area (Å²) in [7, 11) is 0. The summed E-state index contributed by atoms with van der Waals surface area (Å²) in [4.78, 5) is 4.55. The number of imidazole rings is 1. The minimum absolute atomic E-state index is 0.415.